The number of pyridine rings is 1. The van der Waals surface area contributed by atoms with Crippen LogP contribution >= 0.6 is 0 Å². The lowest BCUT2D eigenvalue weighted by atomic mass is 10.1. The molecule has 0 fully saturated rings. The normalized spacial score (nSPS) is 12.7. The maximum absolute atomic E-state index is 11.1. The first kappa shape index (κ1) is 15.2. The highest BCUT2D eigenvalue weighted by Gasteiger charge is 2.19. The highest BCUT2D eigenvalue weighted by Crippen LogP contribution is 2.31. The van der Waals surface area contributed by atoms with E-state index < -0.39 is 5.91 Å². The molecule has 2 heterocycles. The number of primary amides is 1. The molecule has 124 valence electrons. The van der Waals surface area contributed by atoms with E-state index in [1.54, 1.807) is 12.1 Å². The predicted octanol–water partition coefficient (Wildman–Crippen LogP) is 3.49. The maximum atomic E-state index is 11.1. The lowest BCUT2D eigenvalue weighted by molar-refractivity contribution is 0.1000. The molecule has 5 nitrogen and oxygen atoms in total. The van der Waals surface area contributed by atoms with Gasteiger partial charge in [-0.3, -0.25) is 4.79 Å². The number of rotatable bonds is 4. The number of benzene rings is 2. The number of hydrogen-bond donors (Lipinski definition) is 1. The fourth-order valence-electron chi connectivity index (χ4n) is 2.96. The number of hydrogen-bond acceptors (Lipinski definition) is 4. The Bertz CT molecular complexity index is 908. The van der Waals surface area contributed by atoms with E-state index >= 15 is 0 Å². The Morgan fingerprint density at radius 1 is 1.00 bits per heavy atom. The standard InChI is InChI=1S/C20H17N3O2/c21-20(24)14-7-9-19(22-11-14)25-18-8-6-15-12-23(13-16(15)10-18)17-4-2-1-3-5-17/h1-11H,12-13H2,(H2,21,24). The molecule has 0 bridgehead atoms. The van der Waals surface area contributed by atoms with Gasteiger partial charge in [0.25, 0.3) is 0 Å². The third-order valence-electron chi connectivity index (χ3n) is 4.26. The lowest BCUT2D eigenvalue weighted by Gasteiger charge is -2.17. The molecule has 4 rings (SSSR count). The van der Waals surface area contributed by atoms with E-state index in [4.69, 9.17) is 10.5 Å². The van der Waals surface area contributed by atoms with Crippen molar-refractivity contribution >= 4 is 11.6 Å². The van der Waals surface area contributed by atoms with Crippen molar-refractivity contribution in [1.82, 2.24) is 4.98 Å². The molecule has 1 aromatic heterocycles. The van der Waals surface area contributed by atoms with Crippen molar-refractivity contribution in [2.24, 2.45) is 5.73 Å². The molecule has 2 aromatic carbocycles. The minimum atomic E-state index is -0.502. The number of carbonyl (C=O) groups excluding carboxylic acids is 1. The first-order valence-electron chi connectivity index (χ1n) is 8.04. The minimum Gasteiger partial charge on any atom is -0.439 e. The number of fused-ring (bicyclic) bond motifs is 1. The van der Waals surface area contributed by atoms with Gasteiger partial charge in [-0.2, -0.15) is 0 Å². The van der Waals surface area contributed by atoms with Crippen molar-refractivity contribution in [2.75, 3.05) is 4.90 Å². The molecule has 1 aliphatic heterocycles. The Balaban J connectivity index is 1.50. The topological polar surface area (TPSA) is 68.5 Å². The van der Waals surface area contributed by atoms with Crippen LogP contribution in [-0.4, -0.2) is 10.9 Å². The number of amides is 1. The SMILES string of the molecule is NC(=O)c1ccc(Oc2ccc3c(c2)CN(c2ccccc2)C3)nc1. The van der Waals surface area contributed by atoms with Gasteiger partial charge in [-0.25, -0.2) is 4.98 Å². The van der Waals surface area contributed by atoms with Crippen LogP contribution in [0.1, 0.15) is 21.5 Å². The van der Waals surface area contributed by atoms with Crippen molar-refractivity contribution in [3.63, 3.8) is 0 Å². The fourth-order valence-corrected chi connectivity index (χ4v) is 2.96. The molecule has 25 heavy (non-hydrogen) atoms. The summed E-state index contributed by atoms with van der Waals surface area (Å²) < 4.78 is 5.80. The van der Waals surface area contributed by atoms with Gasteiger partial charge in [-0.05, 0) is 41.5 Å². The Morgan fingerprint density at radius 2 is 1.80 bits per heavy atom. The summed E-state index contributed by atoms with van der Waals surface area (Å²) in [5, 5.41) is 0. The van der Waals surface area contributed by atoms with E-state index in [0.717, 1.165) is 18.8 Å². The van der Waals surface area contributed by atoms with Gasteiger partial charge in [0.1, 0.15) is 5.75 Å². The molecule has 0 radical (unpaired) electrons. The van der Waals surface area contributed by atoms with Crippen LogP contribution in [0.25, 0.3) is 0 Å². The van der Waals surface area contributed by atoms with Gasteiger partial charge < -0.3 is 15.4 Å². The van der Waals surface area contributed by atoms with Crippen molar-refractivity contribution in [3.05, 3.63) is 83.6 Å². The molecule has 2 N–H and O–H groups in total. The van der Waals surface area contributed by atoms with Gasteiger partial charge in [0, 0.05) is 31.0 Å². The Morgan fingerprint density at radius 3 is 2.52 bits per heavy atom. The van der Waals surface area contributed by atoms with Gasteiger partial charge in [-0.1, -0.05) is 24.3 Å². The van der Waals surface area contributed by atoms with Gasteiger partial charge in [0.05, 0.1) is 5.56 Å². The van der Waals surface area contributed by atoms with Crippen LogP contribution in [0.15, 0.2) is 66.9 Å². The Hall–Kier alpha value is -3.34. The molecule has 0 unspecified atom stereocenters. The monoisotopic (exact) mass is 331 g/mol. The second-order valence-corrected chi connectivity index (χ2v) is 5.97. The van der Waals surface area contributed by atoms with E-state index in [1.807, 2.05) is 30.3 Å². The second-order valence-electron chi connectivity index (χ2n) is 5.97. The summed E-state index contributed by atoms with van der Waals surface area (Å²) in [6.07, 6.45) is 1.42. The Kier molecular flexibility index (Phi) is 3.82. The molecular weight excluding hydrogens is 314 g/mol. The molecule has 1 aliphatic rings. The van der Waals surface area contributed by atoms with Gasteiger partial charge >= 0.3 is 0 Å². The molecule has 1 amide bonds. The van der Waals surface area contributed by atoms with Crippen LogP contribution in [0.3, 0.4) is 0 Å². The maximum Gasteiger partial charge on any atom is 0.250 e. The zero-order valence-corrected chi connectivity index (χ0v) is 13.6. The molecule has 0 saturated heterocycles. The summed E-state index contributed by atoms with van der Waals surface area (Å²) in [6.45, 7) is 1.75. The summed E-state index contributed by atoms with van der Waals surface area (Å²) in [5.74, 6) is 0.661. The fraction of sp³-hybridized carbons (Fsp3) is 0.100. The summed E-state index contributed by atoms with van der Waals surface area (Å²) >= 11 is 0. The number of nitrogens with two attached hydrogens (primary N) is 1. The molecule has 0 atom stereocenters. The van der Waals surface area contributed by atoms with E-state index in [9.17, 15) is 4.79 Å². The van der Waals surface area contributed by atoms with Crippen LogP contribution in [0, 0.1) is 0 Å². The summed E-state index contributed by atoms with van der Waals surface area (Å²) in [4.78, 5) is 17.5. The first-order chi connectivity index (χ1) is 12.2. The second kappa shape index (κ2) is 6.28. The van der Waals surface area contributed by atoms with Crippen molar-refractivity contribution in [1.29, 1.82) is 0 Å². The molecule has 5 heteroatoms. The highest BCUT2D eigenvalue weighted by molar-refractivity contribution is 5.92. The Labute approximate surface area is 145 Å². The molecule has 0 spiro atoms. The first-order valence-corrected chi connectivity index (χ1v) is 8.04. The average Bonchev–Trinajstić information content (AvgIpc) is 3.06. The van der Waals surface area contributed by atoms with Crippen molar-refractivity contribution in [3.8, 4) is 11.6 Å². The number of nitrogens with zero attached hydrogens (tertiary/aromatic N) is 2. The van der Waals surface area contributed by atoms with Crippen LogP contribution in [-0.2, 0) is 13.1 Å². The summed E-state index contributed by atoms with van der Waals surface area (Å²) in [5.41, 5.74) is 9.33. The zero-order valence-electron chi connectivity index (χ0n) is 13.6. The zero-order chi connectivity index (χ0) is 17.2. The summed E-state index contributed by atoms with van der Waals surface area (Å²) in [7, 11) is 0. The van der Waals surface area contributed by atoms with E-state index in [-0.39, 0.29) is 0 Å². The third-order valence-corrected chi connectivity index (χ3v) is 4.26. The van der Waals surface area contributed by atoms with E-state index in [1.165, 1.54) is 23.0 Å². The minimum absolute atomic E-state index is 0.361. The average molecular weight is 331 g/mol. The number of ether oxygens (including phenoxy) is 1. The van der Waals surface area contributed by atoms with Crippen molar-refractivity contribution in [2.45, 2.75) is 13.1 Å². The third kappa shape index (κ3) is 3.17. The van der Waals surface area contributed by atoms with Crippen molar-refractivity contribution < 1.29 is 9.53 Å². The number of aromatic nitrogens is 1. The van der Waals surface area contributed by atoms with Crippen LogP contribution in [0.4, 0.5) is 5.69 Å². The van der Waals surface area contributed by atoms with Gasteiger partial charge in [0.15, 0.2) is 0 Å². The lowest BCUT2D eigenvalue weighted by Crippen LogP contribution is -2.13. The van der Waals surface area contributed by atoms with Crippen LogP contribution in [0.2, 0.25) is 0 Å². The molecule has 3 aromatic rings. The van der Waals surface area contributed by atoms with Crippen LogP contribution < -0.4 is 15.4 Å². The van der Waals surface area contributed by atoms with E-state index in [2.05, 4.69) is 28.1 Å². The number of carbonyl (C=O) groups is 1. The number of para-hydroxylation sites is 1. The highest BCUT2D eigenvalue weighted by atomic mass is 16.5. The van der Waals surface area contributed by atoms with Crippen LogP contribution in [0.5, 0.6) is 11.6 Å². The molecule has 0 saturated carbocycles. The van der Waals surface area contributed by atoms with Gasteiger partial charge in [-0.15, -0.1) is 0 Å². The predicted molar refractivity (Wildman–Crippen MR) is 95.6 cm³/mol. The van der Waals surface area contributed by atoms with Gasteiger partial charge in [0.2, 0.25) is 11.8 Å². The number of anilines is 1. The van der Waals surface area contributed by atoms with E-state index in [0.29, 0.717) is 11.4 Å². The molecular formula is C20H17N3O2. The largest absolute Gasteiger partial charge is 0.439 e. The summed E-state index contributed by atoms with van der Waals surface area (Å²) in [6, 6.07) is 19.7. The smallest absolute Gasteiger partial charge is 0.250 e. The quantitative estimate of drug-likeness (QED) is 0.794. The molecule has 0 aliphatic carbocycles.